The summed E-state index contributed by atoms with van der Waals surface area (Å²) in [5.41, 5.74) is 3.29. The summed E-state index contributed by atoms with van der Waals surface area (Å²) in [4.78, 5) is 59.6. The number of imide groups is 2. The van der Waals surface area contributed by atoms with Gasteiger partial charge in [-0.05, 0) is 66.9 Å². The van der Waals surface area contributed by atoms with Crippen molar-refractivity contribution in [1.82, 2.24) is 29.8 Å². The van der Waals surface area contributed by atoms with Crippen molar-refractivity contribution in [1.29, 1.82) is 0 Å². The van der Waals surface area contributed by atoms with Crippen molar-refractivity contribution in [2.75, 3.05) is 69.3 Å². The zero-order valence-electron chi connectivity index (χ0n) is 35.6. The highest BCUT2D eigenvalue weighted by Gasteiger charge is 2.48. The van der Waals surface area contributed by atoms with Gasteiger partial charge < -0.3 is 19.1 Å². The number of aromatic nitrogens is 2. The largest absolute Gasteiger partial charge is 0.493 e. The molecule has 9 rings (SSSR count). The van der Waals surface area contributed by atoms with Gasteiger partial charge in [0.2, 0.25) is 5.91 Å². The minimum Gasteiger partial charge on any atom is -0.493 e. The van der Waals surface area contributed by atoms with Crippen LogP contribution >= 0.6 is 0 Å². The number of benzene rings is 4. The summed E-state index contributed by atoms with van der Waals surface area (Å²) < 4.78 is 65.8. The molecule has 1 aromatic heterocycles. The van der Waals surface area contributed by atoms with E-state index in [0.717, 1.165) is 5.56 Å². The van der Waals surface area contributed by atoms with E-state index in [2.05, 4.69) is 10.4 Å². The van der Waals surface area contributed by atoms with Crippen LogP contribution in [0.15, 0.2) is 72.8 Å². The van der Waals surface area contributed by atoms with Crippen LogP contribution in [-0.2, 0) is 24.9 Å². The molecule has 334 valence electrons. The van der Waals surface area contributed by atoms with Gasteiger partial charge in [-0.15, -0.1) is 0 Å². The van der Waals surface area contributed by atoms with Gasteiger partial charge in [-0.2, -0.15) is 5.10 Å². The first kappa shape index (κ1) is 42.6. The van der Waals surface area contributed by atoms with Crippen LogP contribution in [0.1, 0.15) is 51.6 Å². The number of carbonyl (C=O) groups excluding carboxylic acids is 4. The van der Waals surface area contributed by atoms with Crippen LogP contribution in [0.5, 0.6) is 23.0 Å². The Kier molecular flexibility index (Phi) is 11.4. The number of nitrogens with zero attached hydrogens (tertiary/aromatic N) is 7. The molecule has 5 heterocycles. The lowest BCUT2D eigenvalue weighted by Crippen LogP contribution is -2.61. The summed E-state index contributed by atoms with van der Waals surface area (Å²) >= 11 is 0. The lowest BCUT2D eigenvalue weighted by Gasteiger charge is -2.46. The first-order chi connectivity index (χ1) is 30.8. The molecular weight excluding hydrogens is 834 g/mol. The van der Waals surface area contributed by atoms with Crippen LogP contribution in [0, 0.1) is 5.82 Å². The maximum atomic E-state index is 16.0. The SMILES string of the molecule is CCOc1cc(CN2C(=O)c3cccc(N4CCN(C5CCN(Cc6ccc(Oc7cc8c(cc7F)c(N7CCC(=O)NC7=O)nn8C)cc6)CC5(F)F)CC4)c3C2=O)ccc1OC. The lowest BCUT2D eigenvalue weighted by molar-refractivity contribution is -0.129. The van der Waals surface area contributed by atoms with Crippen molar-refractivity contribution in [3.05, 3.63) is 101 Å². The number of methoxy groups -OCH3 is 1. The number of hydrogen-bond donors (Lipinski definition) is 1. The topological polar surface area (TPSA) is 142 Å². The quantitative estimate of drug-likeness (QED) is 0.144. The van der Waals surface area contributed by atoms with Gasteiger partial charge in [0.25, 0.3) is 17.7 Å². The number of hydrogen-bond acceptors (Lipinski definition) is 11. The molecule has 1 N–H and O–H groups in total. The molecule has 5 amide bonds. The number of halogens is 3. The van der Waals surface area contributed by atoms with Crippen LogP contribution < -0.4 is 29.3 Å². The number of aryl methyl sites for hydroxylation is 1. The number of fused-ring (bicyclic) bond motifs is 2. The molecule has 4 aromatic carbocycles. The van der Waals surface area contributed by atoms with Crippen molar-refractivity contribution in [2.24, 2.45) is 7.05 Å². The first-order valence-corrected chi connectivity index (χ1v) is 21.2. The number of piperidine rings is 1. The van der Waals surface area contributed by atoms with Gasteiger partial charge >= 0.3 is 6.03 Å². The second kappa shape index (κ2) is 17.1. The van der Waals surface area contributed by atoms with Gasteiger partial charge in [-0.3, -0.25) is 44.0 Å². The smallest absolute Gasteiger partial charge is 0.329 e. The average Bonchev–Trinajstić information content (AvgIpc) is 3.71. The molecule has 5 aromatic rings. The Morgan fingerprint density at radius 2 is 1.61 bits per heavy atom. The molecule has 0 saturated carbocycles. The zero-order chi connectivity index (χ0) is 44.9. The fourth-order valence-electron chi connectivity index (χ4n) is 9.18. The van der Waals surface area contributed by atoms with Crippen LogP contribution in [0.4, 0.5) is 29.5 Å². The molecule has 1 unspecified atom stereocenters. The predicted octanol–water partition coefficient (Wildman–Crippen LogP) is 6.19. The number of ether oxygens (including phenoxy) is 3. The number of alkyl halides is 2. The summed E-state index contributed by atoms with van der Waals surface area (Å²) in [6.45, 7) is 4.37. The van der Waals surface area contributed by atoms with Crippen molar-refractivity contribution in [3.63, 3.8) is 0 Å². The van der Waals surface area contributed by atoms with Crippen LogP contribution in [0.3, 0.4) is 0 Å². The van der Waals surface area contributed by atoms with Crippen molar-refractivity contribution in [2.45, 2.75) is 44.8 Å². The Morgan fingerprint density at radius 1 is 0.844 bits per heavy atom. The molecule has 0 spiro atoms. The summed E-state index contributed by atoms with van der Waals surface area (Å²) in [5, 5.41) is 7.03. The third-order valence-electron chi connectivity index (χ3n) is 12.3. The van der Waals surface area contributed by atoms with E-state index in [-0.39, 0.29) is 49.3 Å². The molecule has 4 aliphatic rings. The van der Waals surface area contributed by atoms with E-state index in [0.29, 0.717) is 96.4 Å². The van der Waals surface area contributed by atoms with Gasteiger partial charge in [0.05, 0.1) is 55.2 Å². The molecule has 1 atom stereocenters. The number of anilines is 2. The van der Waals surface area contributed by atoms with E-state index in [9.17, 15) is 19.2 Å². The molecule has 3 saturated heterocycles. The Bertz CT molecular complexity index is 2650. The van der Waals surface area contributed by atoms with Crippen LogP contribution in [-0.4, -0.2) is 120 Å². The van der Waals surface area contributed by atoms with Gasteiger partial charge in [-0.1, -0.05) is 24.3 Å². The maximum absolute atomic E-state index is 16.0. The number of carbonyl (C=O) groups is 4. The molecule has 4 aliphatic heterocycles. The van der Waals surface area contributed by atoms with Crippen molar-refractivity contribution < 1.29 is 46.6 Å². The number of nitrogens with one attached hydrogen (secondary N) is 1. The Balaban J connectivity index is 0.794. The van der Waals surface area contributed by atoms with Crippen molar-refractivity contribution >= 4 is 46.2 Å². The maximum Gasteiger partial charge on any atom is 0.329 e. The molecule has 15 nitrogen and oxygen atoms in total. The third kappa shape index (κ3) is 8.07. The van der Waals surface area contributed by atoms with E-state index < -0.39 is 36.3 Å². The average molecular weight is 881 g/mol. The van der Waals surface area contributed by atoms with Gasteiger partial charge in [-0.25, -0.2) is 18.0 Å². The zero-order valence-corrected chi connectivity index (χ0v) is 35.6. The van der Waals surface area contributed by atoms with Crippen molar-refractivity contribution in [3.8, 4) is 23.0 Å². The van der Waals surface area contributed by atoms with Crippen LogP contribution in [0.25, 0.3) is 10.9 Å². The van der Waals surface area contributed by atoms with E-state index in [1.54, 1.807) is 73.7 Å². The number of amides is 5. The van der Waals surface area contributed by atoms with Gasteiger partial charge in [0.15, 0.2) is 28.9 Å². The minimum atomic E-state index is -2.99. The Labute approximate surface area is 366 Å². The number of likely N-dealkylation sites (tertiary alicyclic amines) is 1. The van der Waals surface area contributed by atoms with E-state index in [4.69, 9.17) is 14.2 Å². The predicted molar refractivity (Wildman–Crippen MR) is 230 cm³/mol. The molecule has 0 bridgehead atoms. The first-order valence-electron chi connectivity index (χ1n) is 21.2. The second-order valence-electron chi connectivity index (χ2n) is 16.4. The fourth-order valence-corrected chi connectivity index (χ4v) is 9.18. The highest BCUT2D eigenvalue weighted by molar-refractivity contribution is 6.23. The monoisotopic (exact) mass is 880 g/mol. The summed E-state index contributed by atoms with van der Waals surface area (Å²) in [6, 6.07) is 18.5. The second-order valence-corrected chi connectivity index (χ2v) is 16.4. The number of urea groups is 1. The van der Waals surface area contributed by atoms with Gasteiger partial charge in [0, 0.05) is 70.7 Å². The lowest BCUT2D eigenvalue weighted by atomic mass is 9.97. The molecular formula is C46H47F3N8O7. The number of rotatable bonds is 12. The van der Waals surface area contributed by atoms with Crippen LogP contribution in [0.2, 0.25) is 0 Å². The highest BCUT2D eigenvalue weighted by atomic mass is 19.3. The fraction of sp³-hybridized carbons (Fsp3) is 0.370. The Hall–Kier alpha value is -6.66. The molecule has 0 aliphatic carbocycles. The van der Waals surface area contributed by atoms with E-state index >= 15 is 13.2 Å². The third-order valence-corrected chi connectivity index (χ3v) is 12.3. The Morgan fingerprint density at radius 3 is 2.33 bits per heavy atom. The summed E-state index contributed by atoms with van der Waals surface area (Å²) in [7, 11) is 3.20. The molecule has 0 radical (unpaired) electrons. The standard InChI is InChI=1S/C46H47F3N8O7/c1-4-63-38-22-29(10-13-36(38)62-3)26-57-43(59)31-6-5-7-34(41(31)44(57)60)54-18-20-55(21-19-54)39-14-16-53(27-46(39,48)49)25-28-8-11-30(12-9-28)64-37-24-35-32(23-33(37)47)42(51-52(35)2)56-17-15-40(58)50-45(56)61/h5-13,22-24,39H,4,14-21,25-27H2,1-3H3,(H,50,58,61). The minimum absolute atomic E-state index is 0.0559. The van der Waals surface area contributed by atoms with E-state index in [1.807, 2.05) is 22.8 Å². The van der Waals surface area contributed by atoms with E-state index in [1.165, 1.54) is 26.6 Å². The normalized spacial score (nSPS) is 19.3. The molecule has 3 fully saturated rings. The summed E-state index contributed by atoms with van der Waals surface area (Å²) in [5.74, 6) is -3.24. The molecule has 18 heteroatoms. The molecule has 64 heavy (non-hydrogen) atoms. The summed E-state index contributed by atoms with van der Waals surface area (Å²) in [6.07, 6.45) is 0.368. The number of piperazine rings is 1. The highest BCUT2D eigenvalue weighted by Crippen LogP contribution is 2.38. The van der Waals surface area contributed by atoms with Gasteiger partial charge in [0.1, 0.15) is 5.75 Å².